The van der Waals surface area contributed by atoms with Crippen molar-refractivity contribution in [1.29, 1.82) is 0 Å². The minimum absolute atomic E-state index is 0.316. The van der Waals surface area contributed by atoms with Gasteiger partial charge in [-0.15, -0.1) is 0 Å². The molecule has 4 nitrogen and oxygen atoms in total. The molecule has 0 spiro atoms. The predicted molar refractivity (Wildman–Crippen MR) is 75.7 cm³/mol. The van der Waals surface area contributed by atoms with Crippen molar-refractivity contribution in [1.82, 2.24) is 15.1 Å². The second kappa shape index (κ2) is 5.80. The van der Waals surface area contributed by atoms with E-state index in [-0.39, 0.29) is 0 Å². The molecule has 2 aliphatic heterocycles. The van der Waals surface area contributed by atoms with Gasteiger partial charge < -0.3 is 9.80 Å². The normalized spacial score (nSPS) is 34.4. The number of hydrogen-bond donors (Lipinski definition) is 1. The molecule has 2 saturated heterocycles. The van der Waals surface area contributed by atoms with Gasteiger partial charge in [-0.3, -0.25) is 10.1 Å². The maximum atomic E-state index is 12.2. The first-order valence-corrected chi connectivity index (χ1v) is 7.99. The van der Waals surface area contributed by atoms with E-state index in [2.05, 4.69) is 22.2 Å². The van der Waals surface area contributed by atoms with Crippen molar-refractivity contribution in [3.63, 3.8) is 0 Å². The molecule has 0 aromatic heterocycles. The smallest absolute Gasteiger partial charge is 0.237 e. The highest BCUT2D eigenvalue weighted by Crippen LogP contribution is 2.31. The largest absolute Gasteiger partial charge is 0.324 e. The zero-order chi connectivity index (χ0) is 13.2. The van der Waals surface area contributed by atoms with Gasteiger partial charge in [0.05, 0.1) is 12.7 Å². The summed E-state index contributed by atoms with van der Waals surface area (Å²) >= 11 is 0. The summed E-state index contributed by atoms with van der Waals surface area (Å²) in [5.74, 6) is 1.01. The van der Waals surface area contributed by atoms with Crippen LogP contribution in [0.5, 0.6) is 0 Å². The molecule has 1 saturated carbocycles. The summed E-state index contributed by atoms with van der Waals surface area (Å²) in [5.41, 5.74) is 0. The number of hydrogen-bond acceptors (Lipinski definition) is 3. The van der Waals surface area contributed by atoms with Crippen molar-refractivity contribution in [2.75, 3.05) is 26.7 Å². The number of likely N-dealkylation sites (N-methyl/N-ethyl adjacent to an activating group) is 1. The molecule has 2 atom stereocenters. The fourth-order valence-corrected chi connectivity index (χ4v) is 4.07. The molecule has 2 heterocycles. The molecular weight excluding hydrogens is 238 g/mol. The van der Waals surface area contributed by atoms with Gasteiger partial charge in [-0.05, 0) is 45.2 Å². The van der Waals surface area contributed by atoms with Crippen LogP contribution < -0.4 is 5.32 Å². The molecule has 3 fully saturated rings. The van der Waals surface area contributed by atoms with E-state index in [1.165, 1.54) is 51.5 Å². The molecular formula is C15H27N3O. The van der Waals surface area contributed by atoms with Crippen LogP contribution in [0.1, 0.15) is 44.9 Å². The lowest BCUT2D eigenvalue weighted by molar-refractivity contribution is -0.129. The van der Waals surface area contributed by atoms with Crippen molar-refractivity contribution in [2.24, 2.45) is 5.92 Å². The first kappa shape index (κ1) is 13.4. The fraction of sp³-hybridized carbons (Fsp3) is 0.933. The first-order chi connectivity index (χ1) is 9.25. The molecule has 3 rings (SSSR count). The summed E-state index contributed by atoms with van der Waals surface area (Å²) in [7, 11) is 2.21. The van der Waals surface area contributed by atoms with Crippen LogP contribution in [0.3, 0.4) is 0 Å². The topological polar surface area (TPSA) is 35.6 Å². The van der Waals surface area contributed by atoms with Crippen LogP contribution in [0, 0.1) is 5.92 Å². The van der Waals surface area contributed by atoms with E-state index >= 15 is 0 Å². The van der Waals surface area contributed by atoms with E-state index in [1.54, 1.807) is 0 Å². The average molecular weight is 265 g/mol. The maximum absolute atomic E-state index is 12.2. The van der Waals surface area contributed by atoms with Gasteiger partial charge in [-0.25, -0.2) is 0 Å². The Morgan fingerprint density at radius 3 is 2.63 bits per heavy atom. The van der Waals surface area contributed by atoms with Gasteiger partial charge in [-0.1, -0.05) is 19.3 Å². The summed E-state index contributed by atoms with van der Waals surface area (Å²) < 4.78 is 0. The van der Waals surface area contributed by atoms with E-state index in [9.17, 15) is 4.79 Å². The first-order valence-electron chi connectivity index (χ1n) is 7.99. The Hall–Kier alpha value is -0.610. The highest BCUT2D eigenvalue weighted by molar-refractivity contribution is 5.80. The lowest BCUT2D eigenvalue weighted by atomic mass is 10.00. The SMILES string of the molecule is CN1CCCCC1CN1C(=O)CNC1C1CCCC1. The highest BCUT2D eigenvalue weighted by atomic mass is 16.2. The van der Waals surface area contributed by atoms with E-state index in [0.717, 1.165) is 6.54 Å². The van der Waals surface area contributed by atoms with Gasteiger partial charge in [0.25, 0.3) is 0 Å². The Morgan fingerprint density at radius 2 is 1.89 bits per heavy atom. The molecule has 0 aromatic rings. The second-order valence-electron chi connectivity index (χ2n) is 6.55. The minimum Gasteiger partial charge on any atom is -0.324 e. The number of piperidine rings is 1. The zero-order valence-corrected chi connectivity index (χ0v) is 12.1. The van der Waals surface area contributed by atoms with Gasteiger partial charge in [0, 0.05) is 12.6 Å². The molecule has 19 heavy (non-hydrogen) atoms. The quantitative estimate of drug-likeness (QED) is 0.838. The Balaban J connectivity index is 1.64. The summed E-state index contributed by atoms with van der Waals surface area (Å²) in [6.45, 7) is 2.68. The van der Waals surface area contributed by atoms with E-state index in [1.807, 2.05) is 0 Å². The number of carbonyl (C=O) groups is 1. The summed E-state index contributed by atoms with van der Waals surface area (Å²) in [6, 6.07) is 0.571. The maximum Gasteiger partial charge on any atom is 0.237 e. The zero-order valence-electron chi connectivity index (χ0n) is 12.1. The Bertz CT molecular complexity index is 327. The second-order valence-corrected chi connectivity index (χ2v) is 6.55. The third-order valence-corrected chi connectivity index (χ3v) is 5.29. The number of nitrogens with one attached hydrogen (secondary N) is 1. The predicted octanol–water partition coefficient (Wildman–Crippen LogP) is 1.42. The summed E-state index contributed by atoms with van der Waals surface area (Å²) in [5, 5.41) is 3.46. The van der Waals surface area contributed by atoms with Crippen molar-refractivity contribution < 1.29 is 4.79 Å². The minimum atomic E-state index is 0.316. The number of amides is 1. The average Bonchev–Trinajstić information content (AvgIpc) is 3.03. The molecule has 4 heteroatoms. The standard InChI is InChI=1S/C15H27N3O/c1-17-9-5-4-8-13(17)11-18-14(19)10-16-15(18)12-6-2-3-7-12/h12-13,15-16H,2-11H2,1H3. The Labute approximate surface area is 116 Å². The third kappa shape index (κ3) is 2.79. The van der Waals surface area contributed by atoms with Gasteiger partial charge >= 0.3 is 0 Å². The van der Waals surface area contributed by atoms with Gasteiger partial charge in [0.15, 0.2) is 0 Å². The highest BCUT2D eigenvalue weighted by Gasteiger charge is 2.38. The number of rotatable bonds is 3. The van der Waals surface area contributed by atoms with E-state index in [0.29, 0.717) is 30.6 Å². The lowest BCUT2D eigenvalue weighted by Gasteiger charge is -2.38. The summed E-state index contributed by atoms with van der Waals surface area (Å²) in [6.07, 6.45) is 9.47. The molecule has 108 valence electrons. The molecule has 2 unspecified atom stereocenters. The van der Waals surface area contributed by atoms with Gasteiger partial charge in [0.2, 0.25) is 5.91 Å². The Kier molecular flexibility index (Phi) is 4.08. The van der Waals surface area contributed by atoms with Crippen LogP contribution in [0.4, 0.5) is 0 Å². The fourth-order valence-electron chi connectivity index (χ4n) is 4.07. The molecule has 1 aliphatic carbocycles. The van der Waals surface area contributed by atoms with Gasteiger partial charge in [-0.2, -0.15) is 0 Å². The third-order valence-electron chi connectivity index (χ3n) is 5.29. The van der Waals surface area contributed by atoms with E-state index < -0.39 is 0 Å². The van der Waals surface area contributed by atoms with Crippen molar-refractivity contribution in [2.45, 2.75) is 57.2 Å². The number of likely N-dealkylation sites (tertiary alicyclic amines) is 1. The number of nitrogens with zero attached hydrogens (tertiary/aromatic N) is 2. The van der Waals surface area contributed by atoms with Gasteiger partial charge in [0.1, 0.15) is 0 Å². The van der Waals surface area contributed by atoms with Crippen LogP contribution in [0.15, 0.2) is 0 Å². The summed E-state index contributed by atoms with van der Waals surface area (Å²) in [4.78, 5) is 16.8. The lowest BCUT2D eigenvalue weighted by Crippen LogP contribution is -2.50. The molecule has 1 N–H and O–H groups in total. The van der Waals surface area contributed by atoms with Crippen molar-refractivity contribution in [3.05, 3.63) is 0 Å². The van der Waals surface area contributed by atoms with E-state index in [4.69, 9.17) is 0 Å². The van der Waals surface area contributed by atoms with Crippen molar-refractivity contribution in [3.8, 4) is 0 Å². The molecule has 0 aromatic carbocycles. The molecule has 1 amide bonds. The molecule has 0 bridgehead atoms. The van der Waals surface area contributed by atoms with Crippen LogP contribution in [-0.2, 0) is 4.79 Å². The monoisotopic (exact) mass is 265 g/mol. The van der Waals surface area contributed by atoms with Crippen LogP contribution in [-0.4, -0.2) is 54.6 Å². The molecule has 0 radical (unpaired) electrons. The number of carbonyl (C=O) groups excluding carboxylic acids is 1. The molecule has 3 aliphatic rings. The Morgan fingerprint density at radius 1 is 1.16 bits per heavy atom. The van der Waals surface area contributed by atoms with Crippen LogP contribution in [0.25, 0.3) is 0 Å². The van der Waals surface area contributed by atoms with Crippen molar-refractivity contribution >= 4 is 5.91 Å². The van der Waals surface area contributed by atoms with Crippen LogP contribution >= 0.6 is 0 Å². The van der Waals surface area contributed by atoms with Crippen LogP contribution in [0.2, 0.25) is 0 Å².